The number of nitrogens with one attached hydrogen (secondary N) is 1. The molecule has 0 spiro atoms. The second-order valence-electron chi connectivity index (χ2n) is 3.14. The number of hydrogen-bond donors (Lipinski definition) is 1. The number of non-ortho nitro benzene ring substituents is 1. The summed E-state index contributed by atoms with van der Waals surface area (Å²) in [5.41, 5.74) is 1.04. The van der Waals surface area contributed by atoms with Crippen LogP contribution in [-0.2, 0) is 6.54 Å². The molecule has 0 radical (unpaired) electrons. The predicted octanol–water partition coefficient (Wildman–Crippen LogP) is 2.04. The van der Waals surface area contributed by atoms with Crippen molar-refractivity contribution in [2.45, 2.75) is 13.0 Å². The Morgan fingerprint density at radius 2 is 2.00 bits per heavy atom. The van der Waals surface area contributed by atoms with Crippen LogP contribution in [-0.4, -0.2) is 18.1 Å². The highest BCUT2D eigenvalue weighted by atomic mass is 19.1. The molecule has 4 nitrogen and oxygen atoms in total. The van der Waals surface area contributed by atoms with E-state index in [0.717, 1.165) is 5.56 Å². The van der Waals surface area contributed by atoms with Crippen LogP contribution in [0.25, 0.3) is 0 Å². The minimum absolute atomic E-state index is 0.0857. The third kappa shape index (κ3) is 4.03. The molecule has 1 rings (SSSR count). The second-order valence-corrected chi connectivity index (χ2v) is 3.14. The number of nitrogens with zero attached hydrogens (tertiary/aromatic N) is 1. The van der Waals surface area contributed by atoms with Crippen LogP contribution >= 0.6 is 0 Å². The topological polar surface area (TPSA) is 55.2 Å². The second kappa shape index (κ2) is 6.08. The summed E-state index contributed by atoms with van der Waals surface area (Å²) in [6.45, 7) is 0.902. The summed E-state index contributed by atoms with van der Waals surface area (Å²) in [5, 5.41) is 13.4. The van der Waals surface area contributed by atoms with Gasteiger partial charge in [0.05, 0.1) is 11.6 Å². The molecule has 0 saturated heterocycles. The highest BCUT2D eigenvalue weighted by molar-refractivity contribution is 5.32. The van der Waals surface area contributed by atoms with Crippen molar-refractivity contribution in [3.8, 4) is 0 Å². The first-order valence-corrected chi connectivity index (χ1v) is 4.74. The lowest BCUT2D eigenvalue weighted by atomic mass is 10.2. The minimum atomic E-state index is -0.430. The van der Waals surface area contributed by atoms with Crippen molar-refractivity contribution in [2.24, 2.45) is 0 Å². The summed E-state index contributed by atoms with van der Waals surface area (Å²) in [4.78, 5) is 9.93. The first-order valence-electron chi connectivity index (χ1n) is 4.74. The van der Waals surface area contributed by atoms with Gasteiger partial charge in [0.25, 0.3) is 5.69 Å². The molecule has 0 aliphatic rings. The Kier molecular flexibility index (Phi) is 4.70. The molecule has 5 heteroatoms. The lowest BCUT2D eigenvalue weighted by molar-refractivity contribution is -0.384. The Balaban J connectivity index is 2.39. The fourth-order valence-electron chi connectivity index (χ4n) is 1.16. The molecule has 0 aromatic heterocycles. The first kappa shape index (κ1) is 11.6. The van der Waals surface area contributed by atoms with Crippen molar-refractivity contribution in [1.82, 2.24) is 5.32 Å². The van der Waals surface area contributed by atoms with E-state index in [0.29, 0.717) is 19.5 Å². The average Bonchev–Trinajstić information content (AvgIpc) is 2.25. The molecule has 15 heavy (non-hydrogen) atoms. The van der Waals surface area contributed by atoms with Crippen LogP contribution in [0.15, 0.2) is 24.3 Å². The van der Waals surface area contributed by atoms with Gasteiger partial charge in [-0.25, -0.2) is 0 Å². The van der Waals surface area contributed by atoms with E-state index in [4.69, 9.17) is 0 Å². The van der Waals surface area contributed by atoms with Crippen LogP contribution in [0.4, 0.5) is 10.1 Å². The van der Waals surface area contributed by atoms with Crippen molar-refractivity contribution in [1.29, 1.82) is 0 Å². The molecule has 1 aromatic carbocycles. The van der Waals surface area contributed by atoms with Crippen LogP contribution < -0.4 is 5.32 Å². The SMILES string of the molecule is O=[N+]([O-])c1ccc(CNCCCF)cc1. The fourth-order valence-corrected chi connectivity index (χ4v) is 1.16. The molecule has 1 aromatic rings. The quantitative estimate of drug-likeness (QED) is 0.446. The van der Waals surface area contributed by atoms with Gasteiger partial charge in [0, 0.05) is 18.7 Å². The van der Waals surface area contributed by atoms with E-state index in [1.165, 1.54) is 12.1 Å². The fraction of sp³-hybridized carbons (Fsp3) is 0.400. The molecule has 0 atom stereocenters. The monoisotopic (exact) mass is 212 g/mol. The normalized spacial score (nSPS) is 10.2. The van der Waals surface area contributed by atoms with Gasteiger partial charge in [0.2, 0.25) is 0 Å². The smallest absolute Gasteiger partial charge is 0.269 e. The van der Waals surface area contributed by atoms with Crippen LogP contribution in [0.2, 0.25) is 0 Å². The van der Waals surface area contributed by atoms with Crippen molar-refractivity contribution < 1.29 is 9.31 Å². The summed E-state index contributed by atoms with van der Waals surface area (Å²) >= 11 is 0. The third-order valence-corrected chi connectivity index (χ3v) is 1.96. The zero-order valence-corrected chi connectivity index (χ0v) is 8.28. The van der Waals surface area contributed by atoms with Gasteiger partial charge in [0.1, 0.15) is 0 Å². The van der Waals surface area contributed by atoms with Gasteiger partial charge < -0.3 is 5.32 Å². The Labute approximate surface area is 87.3 Å². The third-order valence-electron chi connectivity index (χ3n) is 1.96. The zero-order valence-electron chi connectivity index (χ0n) is 8.28. The van der Waals surface area contributed by atoms with Crippen LogP contribution in [0.5, 0.6) is 0 Å². The largest absolute Gasteiger partial charge is 0.313 e. The summed E-state index contributed by atoms with van der Waals surface area (Å²) in [5.74, 6) is 0. The number of halogens is 1. The minimum Gasteiger partial charge on any atom is -0.313 e. The predicted molar refractivity (Wildman–Crippen MR) is 55.4 cm³/mol. The van der Waals surface area contributed by atoms with Gasteiger partial charge >= 0.3 is 0 Å². The summed E-state index contributed by atoms with van der Waals surface area (Å²) in [6.07, 6.45) is 0.493. The molecule has 0 amide bonds. The van der Waals surface area contributed by atoms with Crippen molar-refractivity contribution in [2.75, 3.05) is 13.2 Å². The van der Waals surface area contributed by atoms with Crippen molar-refractivity contribution >= 4 is 5.69 Å². The number of alkyl halides is 1. The van der Waals surface area contributed by atoms with Gasteiger partial charge in [-0.2, -0.15) is 0 Å². The van der Waals surface area contributed by atoms with E-state index in [-0.39, 0.29) is 12.4 Å². The van der Waals surface area contributed by atoms with Gasteiger partial charge in [-0.3, -0.25) is 14.5 Å². The molecular weight excluding hydrogens is 199 g/mol. The van der Waals surface area contributed by atoms with Gasteiger partial charge in [-0.1, -0.05) is 12.1 Å². The Bertz CT molecular complexity index is 314. The highest BCUT2D eigenvalue weighted by Crippen LogP contribution is 2.11. The van der Waals surface area contributed by atoms with Crippen LogP contribution in [0.3, 0.4) is 0 Å². The van der Waals surface area contributed by atoms with E-state index in [1.807, 2.05) is 0 Å². The van der Waals surface area contributed by atoms with Gasteiger partial charge in [0.15, 0.2) is 0 Å². The molecule has 0 unspecified atom stereocenters. The number of hydrogen-bond acceptors (Lipinski definition) is 3. The maximum Gasteiger partial charge on any atom is 0.269 e. The Morgan fingerprint density at radius 3 is 2.53 bits per heavy atom. The van der Waals surface area contributed by atoms with Gasteiger partial charge in [-0.05, 0) is 18.5 Å². The lowest BCUT2D eigenvalue weighted by Gasteiger charge is -2.02. The zero-order chi connectivity index (χ0) is 11.1. The molecular formula is C10H13FN2O2. The molecule has 0 fully saturated rings. The maximum absolute atomic E-state index is 11.7. The molecule has 0 saturated carbocycles. The summed E-state index contributed by atoms with van der Waals surface area (Å²) in [7, 11) is 0. The molecule has 1 N–H and O–H groups in total. The van der Waals surface area contributed by atoms with E-state index in [2.05, 4.69) is 5.32 Å². The van der Waals surface area contributed by atoms with Crippen molar-refractivity contribution in [3.63, 3.8) is 0 Å². The number of rotatable bonds is 6. The molecule has 0 aliphatic heterocycles. The van der Waals surface area contributed by atoms with E-state index >= 15 is 0 Å². The maximum atomic E-state index is 11.7. The standard InChI is InChI=1S/C10H13FN2O2/c11-6-1-7-12-8-9-2-4-10(5-3-9)13(14)15/h2-5,12H,1,6-8H2. The van der Waals surface area contributed by atoms with E-state index < -0.39 is 4.92 Å². The number of nitro groups is 1. The van der Waals surface area contributed by atoms with E-state index in [1.54, 1.807) is 12.1 Å². The van der Waals surface area contributed by atoms with Crippen molar-refractivity contribution in [3.05, 3.63) is 39.9 Å². The lowest BCUT2D eigenvalue weighted by Crippen LogP contribution is -2.14. The van der Waals surface area contributed by atoms with Crippen LogP contribution in [0.1, 0.15) is 12.0 Å². The Morgan fingerprint density at radius 1 is 1.33 bits per heavy atom. The molecule has 0 aliphatic carbocycles. The molecule has 0 heterocycles. The van der Waals surface area contributed by atoms with Gasteiger partial charge in [-0.15, -0.1) is 0 Å². The number of nitro benzene ring substituents is 1. The highest BCUT2D eigenvalue weighted by Gasteiger charge is 2.02. The summed E-state index contributed by atoms with van der Waals surface area (Å²) in [6, 6.07) is 6.32. The van der Waals surface area contributed by atoms with E-state index in [9.17, 15) is 14.5 Å². The van der Waals surface area contributed by atoms with Crippen LogP contribution in [0, 0.1) is 10.1 Å². The summed E-state index contributed by atoms with van der Waals surface area (Å²) < 4.78 is 11.7. The number of benzene rings is 1. The Hall–Kier alpha value is -1.49. The average molecular weight is 212 g/mol. The molecule has 0 bridgehead atoms. The first-order chi connectivity index (χ1) is 7.24. The molecule has 82 valence electrons.